The van der Waals surface area contributed by atoms with Crippen molar-refractivity contribution in [3.8, 4) is 0 Å². The molecule has 0 atom stereocenters. The molecule has 0 unspecified atom stereocenters. The zero-order valence-corrected chi connectivity index (χ0v) is 15.6. The van der Waals surface area contributed by atoms with E-state index in [0.29, 0.717) is 18.9 Å². The van der Waals surface area contributed by atoms with Crippen LogP contribution in [0.3, 0.4) is 0 Å². The lowest BCUT2D eigenvalue weighted by atomic mass is 9.88. The second-order valence-electron chi connectivity index (χ2n) is 7.46. The minimum absolute atomic E-state index is 0.236. The Morgan fingerprint density at radius 1 is 0.889 bits per heavy atom. The number of benzene rings is 3. The largest absolute Gasteiger partial charge is 0.342 e. The van der Waals surface area contributed by atoms with E-state index in [1.165, 1.54) is 21.9 Å². The lowest BCUT2D eigenvalue weighted by Gasteiger charge is -2.32. The van der Waals surface area contributed by atoms with E-state index in [0.717, 1.165) is 31.5 Å². The Labute approximate surface area is 160 Å². The molecular weight excluding hydrogens is 332 g/mol. The van der Waals surface area contributed by atoms with Gasteiger partial charge in [0.2, 0.25) is 5.91 Å². The fraction of sp³-hybridized carbons (Fsp3) is 0.292. The van der Waals surface area contributed by atoms with Crippen molar-refractivity contribution in [2.75, 3.05) is 13.1 Å². The Morgan fingerprint density at radius 3 is 2.44 bits per heavy atom. The molecular formula is C24H26N2O. The molecule has 0 radical (unpaired) electrons. The first-order chi connectivity index (χ1) is 13.2. The molecule has 3 aromatic carbocycles. The molecule has 0 aromatic heterocycles. The van der Waals surface area contributed by atoms with Gasteiger partial charge in [-0.3, -0.25) is 4.79 Å². The molecule has 1 amide bonds. The van der Waals surface area contributed by atoms with Crippen LogP contribution < -0.4 is 5.73 Å². The van der Waals surface area contributed by atoms with Gasteiger partial charge in [-0.15, -0.1) is 0 Å². The summed E-state index contributed by atoms with van der Waals surface area (Å²) in [7, 11) is 0. The van der Waals surface area contributed by atoms with Gasteiger partial charge >= 0.3 is 0 Å². The molecule has 3 heteroatoms. The van der Waals surface area contributed by atoms with Gasteiger partial charge in [-0.1, -0.05) is 66.7 Å². The van der Waals surface area contributed by atoms with Crippen LogP contribution in [0.25, 0.3) is 10.8 Å². The average Bonchev–Trinajstić information content (AvgIpc) is 2.74. The number of hydrogen-bond acceptors (Lipinski definition) is 2. The summed E-state index contributed by atoms with van der Waals surface area (Å²) >= 11 is 0. The Morgan fingerprint density at radius 2 is 1.67 bits per heavy atom. The molecule has 4 rings (SSSR count). The first-order valence-corrected chi connectivity index (χ1v) is 9.77. The van der Waals surface area contributed by atoms with Crippen molar-refractivity contribution in [1.82, 2.24) is 4.90 Å². The number of fused-ring (bicyclic) bond motifs is 1. The van der Waals surface area contributed by atoms with Crippen molar-refractivity contribution in [1.29, 1.82) is 0 Å². The molecule has 27 heavy (non-hydrogen) atoms. The van der Waals surface area contributed by atoms with Gasteiger partial charge in [0.05, 0.1) is 6.42 Å². The number of likely N-dealkylation sites (tertiary alicyclic amines) is 1. The fourth-order valence-electron chi connectivity index (χ4n) is 4.07. The van der Waals surface area contributed by atoms with E-state index in [1.54, 1.807) is 0 Å². The highest BCUT2D eigenvalue weighted by Gasteiger charge is 2.24. The predicted molar refractivity (Wildman–Crippen MR) is 111 cm³/mol. The van der Waals surface area contributed by atoms with Crippen molar-refractivity contribution in [3.63, 3.8) is 0 Å². The third-order valence-corrected chi connectivity index (χ3v) is 5.68. The van der Waals surface area contributed by atoms with E-state index in [4.69, 9.17) is 5.73 Å². The van der Waals surface area contributed by atoms with Crippen LogP contribution in [0.1, 0.15) is 35.4 Å². The first-order valence-electron chi connectivity index (χ1n) is 9.77. The molecule has 0 spiro atoms. The van der Waals surface area contributed by atoms with Crippen LogP contribution >= 0.6 is 0 Å². The molecule has 138 valence electrons. The summed E-state index contributed by atoms with van der Waals surface area (Å²) < 4.78 is 0. The third kappa shape index (κ3) is 4.04. The second kappa shape index (κ2) is 7.93. The van der Waals surface area contributed by atoms with Crippen LogP contribution in [0.2, 0.25) is 0 Å². The van der Waals surface area contributed by atoms with Crippen LogP contribution in [-0.4, -0.2) is 23.9 Å². The van der Waals surface area contributed by atoms with Crippen molar-refractivity contribution in [2.24, 2.45) is 5.73 Å². The maximum atomic E-state index is 12.8. The number of nitrogens with two attached hydrogens (primary N) is 1. The molecule has 3 aromatic rings. The van der Waals surface area contributed by atoms with E-state index < -0.39 is 0 Å². The number of nitrogens with zero attached hydrogens (tertiary/aromatic N) is 1. The lowest BCUT2D eigenvalue weighted by Crippen LogP contribution is -2.38. The summed E-state index contributed by atoms with van der Waals surface area (Å²) in [6, 6.07) is 23.2. The number of piperidine rings is 1. The fourth-order valence-corrected chi connectivity index (χ4v) is 4.07. The smallest absolute Gasteiger partial charge is 0.226 e. The molecule has 0 bridgehead atoms. The lowest BCUT2D eigenvalue weighted by molar-refractivity contribution is -0.131. The van der Waals surface area contributed by atoms with E-state index in [-0.39, 0.29) is 5.91 Å². The van der Waals surface area contributed by atoms with E-state index in [1.807, 2.05) is 17.0 Å². The van der Waals surface area contributed by atoms with Crippen LogP contribution in [0.5, 0.6) is 0 Å². The summed E-state index contributed by atoms with van der Waals surface area (Å²) in [5.74, 6) is 0.764. The average molecular weight is 358 g/mol. The van der Waals surface area contributed by atoms with Gasteiger partial charge in [-0.25, -0.2) is 0 Å². The topological polar surface area (TPSA) is 46.3 Å². The van der Waals surface area contributed by atoms with Gasteiger partial charge in [0.1, 0.15) is 0 Å². The first kappa shape index (κ1) is 17.7. The molecule has 3 nitrogen and oxygen atoms in total. The molecule has 1 aliphatic heterocycles. The minimum atomic E-state index is 0.236. The maximum Gasteiger partial charge on any atom is 0.226 e. The van der Waals surface area contributed by atoms with E-state index in [9.17, 15) is 4.79 Å². The summed E-state index contributed by atoms with van der Waals surface area (Å²) in [6.07, 6.45) is 2.53. The van der Waals surface area contributed by atoms with Gasteiger partial charge in [-0.2, -0.15) is 0 Å². The SMILES string of the molecule is NCc1cccc(C2CCN(C(=O)Cc3ccc4ccccc4c3)CC2)c1. The van der Waals surface area contributed by atoms with Gasteiger partial charge < -0.3 is 10.6 Å². The number of carbonyl (C=O) groups is 1. The standard InChI is InChI=1S/C24H26N2O/c25-17-19-4-3-7-23(15-19)21-10-12-26(13-11-21)24(27)16-18-8-9-20-5-1-2-6-22(20)14-18/h1-9,14-15,21H,10-13,16-17,25H2. The Hall–Kier alpha value is -2.65. The molecule has 1 heterocycles. The Bertz CT molecular complexity index is 942. The Kier molecular flexibility index (Phi) is 5.21. The molecule has 1 aliphatic rings. The summed E-state index contributed by atoms with van der Waals surface area (Å²) in [5.41, 5.74) is 9.40. The highest BCUT2D eigenvalue weighted by molar-refractivity contribution is 5.85. The molecule has 1 fully saturated rings. The molecule has 0 aliphatic carbocycles. The maximum absolute atomic E-state index is 12.8. The van der Waals surface area contributed by atoms with E-state index >= 15 is 0 Å². The molecule has 1 saturated heterocycles. The number of amides is 1. The predicted octanol–water partition coefficient (Wildman–Crippen LogP) is 4.25. The second-order valence-corrected chi connectivity index (χ2v) is 7.46. The van der Waals surface area contributed by atoms with Crippen molar-refractivity contribution >= 4 is 16.7 Å². The molecule has 0 saturated carbocycles. The zero-order chi connectivity index (χ0) is 18.6. The van der Waals surface area contributed by atoms with Crippen LogP contribution in [-0.2, 0) is 17.8 Å². The number of rotatable bonds is 4. The van der Waals surface area contributed by atoms with Crippen LogP contribution in [0.15, 0.2) is 66.7 Å². The van der Waals surface area contributed by atoms with E-state index in [2.05, 4.69) is 54.6 Å². The number of carbonyl (C=O) groups excluding carboxylic acids is 1. The van der Waals surface area contributed by atoms with Crippen molar-refractivity contribution < 1.29 is 4.79 Å². The van der Waals surface area contributed by atoms with Crippen molar-refractivity contribution in [3.05, 3.63) is 83.4 Å². The third-order valence-electron chi connectivity index (χ3n) is 5.68. The van der Waals surface area contributed by atoms with Crippen LogP contribution in [0, 0.1) is 0 Å². The monoisotopic (exact) mass is 358 g/mol. The highest BCUT2D eigenvalue weighted by Crippen LogP contribution is 2.29. The van der Waals surface area contributed by atoms with Crippen molar-refractivity contribution in [2.45, 2.75) is 31.7 Å². The van der Waals surface area contributed by atoms with Gasteiger partial charge in [0.15, 0.2) is 0 Å². The minimum Gasteiger partial charge on any atom is -0.342 e. The summed E-state index contributed by atoms with van der Waals surface area (Å²) in [5, 5.41) is 2.41. The molecule has 2 N–H and O–H groups in total. The van der Waals surface area contributed by atoms with Gasteiger partial charge in [-0.05, 0) is 46.2 Å². The summed E-state index contributed by atoms with van der Waals surface area (Å²) in [4.78, 5) is 14.8. The van der Waals surface area contributed by atoms with Gasteiger partial charge in [0.25, 0.3) is 0 Å². The summed E-state index contributed by atoms with van der Waals surface area (Å²) in [6.45, 7) is 2.25. The normalized spacial score (nSPS) is 15.2. The quantitative estimate of drug-likeness (QED) is 0.758. The Balaban J connectivity index is 1.37. The van der Waals surface area contributed by atoms with Crippen LogP contribution in [0.4, 0.5) is 0 Å². The van der Waals surface area contributed by atoms with Gasteiger partial charge in [0, 0.05) is 19.6 Å². The zero-order valence-electron chi connectivity index (χ0n) is 15.6. The highest BCUT2D eigenvalue weighted by atomic mass is 16.2. The number of hydrogen-bond donors (Lipinski definition) is 1.